The minimum atomic E-state index is -0.459. The van der Waals surface area contributed by atoms with Crippen LogP contribution in [0.2, 0.25) is 5.02 Å². The van der Waals surface area contributed by atoms with E-state index in [9.17, 15) is 4.79 Å². The Morgan fingerprint density at radius 3 is 2.64 bits per heavy atom. The molecule has 0 aliphatic heterocycles. The Morgan fingerprint density at radius 1 is 1.50 bits per heavy atom. The first-order valence-electron chi connectivity index (χ1n) is 4.04. The molecule has 0 radical (unpaired) electrons. The first-order valence-corrected chi connectivity index (χ1v) is 4.41. The van der Waals surface area contributed by atoms with Crippen LogP contribution in [0.5, 0.6) is 0 Å². The molecule has 1 aromatic carbocycles. The van der Waals surface area contributed by atoms with Gasteiger partial charge in [0, 0.05) is 16.3 Å². The first-order chi connectivity index (χ1) is 6.50. The summed E-state index contributed by atoms with van der Waals surface area (Å²) >= 11 is 5.72. The molecule has 1 rings (SSSR count). The van der Waals surface area contributed by atoms with Gasteiger partial charge in [0.15, 0.2) is 0 Å². The zero-order valence-corrected chi connectivity index (χ0v) is 8.51. The number of carbonyl (C=O) groups is 1. The maximum Gasteiger partial charge on any atom is 0.244 e. The van der Waals surface area contributed by atoms with Gasteiger partial charge in [0.05, 0.1) is 0 Å². The van der Waals surface area contributed by atoms with Crippen LogP contribution in [0.1, 0.15) is 12.5 Å². The van der Waals surface area contributed by atoms with Crippen LogP contribution in [-0.4, -0.2) is 5.91 Å². The second-order valence-electron chi connectivity index (χ2n) is 2.96. The van der Waals surface area contributed by atoms with Crippen LogP contribution in [-0.2, 0) is 4.79 Å². The van der Waals surface area contributed by atoms with Gasteiger partial charge in [-0.2, -0.15) is 0 Å². The maximum atomic E-state index is 10.8. The van der Waals surface area contributed by atoms with Crippen LogP contribution >= 0.6 is 11.6 Å². The number of rotatable bonds is 2. The smallest absolute Gasteiger partial charge is 0.244 e. The summed E-state index contributed by atoms with van der Waals surface area (Å²) in [4.78, 5) is 10.8. The number of nitrogens with two attached hydrogens (primary N) is 2. The number of nitrogen functional groups attached to an aromatic ring is 1. The molecule has 0 aromatic heterocycles. The highest BCUT2D eigenvalue weighted by Gasteiger charge is 2.00. The average molecular weight is 211 g/mol. The van der Waals surface area contributed by atoms with Gasteiger partial charge in [-0.1, -0.05) is 17.7 Å². The molecule has 0 saturated carbocycles. The first kappa shape index (κ1) is 10.6. The molecule has 0 atom stereocenters. The molecule has 0 bridgehead atoms. The van der Waals surface area contributed by atoms with Crippen molar-refractivity contribution in [2.24, 2.45) is 5.73 Å². The Labute approximate surface area is 87.3 Å². The summed E-state index contributed by atoms with van der Waals surface area (Å²) < 4.78 is 0. The number of halogens is 1. The topological polar surface area (TPSA) is 69.1 Å². The highest BCUT2D eigenvalue weighted by molar-refractivity contribution is 6.30. The molecule has 1 aromatic rings. The molecule has 0 fully saturated rings. The molecule has 4 N–H and O–H groups in total. The maximum absolute atomic E-state index is 10.8. The summed E-state index contributed by atoms with van der Waals surface area (Å²) in [6.45, 7) is 1.64. The highest BCUT2D eigenvalue weighted by atomic mass is 35.5. The van der Waals surface area contributed by atoms with Gasteiger partial charge in [0.1, 0.15) is 0 Å². The lowest BCUT2D eigenvalue weighted by atomic mass is 10.1. The monoisotopic (exact) mass is 210 g/mol. The van der Waals surface area contributed by atoms with Gasteiger partial charge >= 0.3 is 0 Å². The van der Waals surface area contributed by atoms with E-state index >= 15 is 0 Å². The fraction of sp³-hybridized carbons (Fsp3) is 0.100. The Kier molecular flexibility index (Phi) is 3.14. The molecule has 4 heteroatoms. The number of amides is 1. The summed E-state index contributed by atoms with van der Waals surface area (Å²) in [7, 11) is 0. The van der Waals surface area contributed by atoms with Crippen molar-refractivity contribution >= 4 is 29.3 Å². The second kappa shape index (κ2) is 4.15. The lowest BCUT2D eigenvalue weighted by molar-refractivity contribution is -0.114. The van der Waals surface area contributed by atoms with Crippen LogP contribution in [0.15, 0.2) is 23.8 Å². The van der Waals surface area contributed by atoms with Crippen LogP contribution in [0.3, 0.4) is 0 Å². The molecule has 0 aliphatic carbocycles. The van der Waals surface area contributed by atoms with Crippen molar-refractivity contribution in [3.63, 3.8) is 0 Å². The Balaban J connectivity index is 3.09. The van der Waals surface area contributed by atoms with Crippen molar-refractivity contribution in [1.82, 2.24) is 0 Å². The molecular weight excluding hydrogens is 200 g/mol. The minimum Gasteiger partial charge on any atom is -0.398 e. The Hall–Kier alpha value is -1.48. The molecule has 0 unspecified atom stereocenters. The molecule has 0 heterocycles. The Morgan fingerprint density at radius 2 is 2.14 bits per heavy atom. The summed E-state index contributed by atoms with van der Waals surface area (Å²) in [6, 6.07) is 5.07. The van der Waals surface area contributed by atoms with Gasteiger partial charge in [-0.05, 0) is 30.7 Å². The van der Waals surface area contributed by atoms with E-state index in [0.29, 0.717) is 16.3 Å². The lowest BCUT2D eigenvalue weighted by Crippen LogP contribution is -2.11. The van der Waals surface area contributed by atoms with E-state index in [-0.39, 0.29) is 0 Å². The quantitative estimate of drug-likeness (QED) is 0.578. The van der Waals surface area contributed by atoms with Crippen molar-refractivity contribution in [2.45, 2.75) is 6.92 Å². The average Bonchev–Trinajstić information content (AvgIpc) is 2.09. The second-order valence-corrected chi connectivity index (χ2v) is 3.40. The van der Waals surface area contributed by atoms with Crippen LogP contribution in [0.25, 0.3) is 6.08 Å². The van der Waals surface area contributed by atoms with Gasteiger partial charge in [0.25, 0.3) is 0 Å². The lowest BCUT2D eigenvalue weighted by Gasteiger charge is -2.01. The minimum absolute atomic E-state index is 0.457. The molecule has 0 saturated heterocycles. The van der Waals surface area contributed by atoms with E-state index in [0.717, 1.165) is 5.56 Å². The van der Waals surface area contributed by atoms with E-state index in [4.69, 9.17) is 23.1 Å². The molecule has 0 aliphatic rings. The van der Waals surface area contributed by atoms with Crippen molar-refractivity contribution in [2.75, 3.05) is 5.73 Å². The highest BCUT2D eigenvalue weighted by Crippen LogP contribution is 2.20. The van der Waals surface area contributed by atoms with E-state index in [1.54, 1.807) is 31.2 Å². The summed E-state index contributed by atoms with van der Waals surface area (Å²) in [5.41, 5.74) is 12.5. The van der Waals surface area contributed by atoms with Crippen molar-refractivity contribution in [1.29, 1.82) is 0 Å². The third kappa shape index (κ3) is 2.50. The number of benzene rings is 1. The van der Waals surface area contributed by atoms with E-state index in [2.05, 4.69) is 0 Å². The van der Waals surface area contributed by atoms with Crippen LogP contribution < -0.4 is 11.5 Å². The number of carbonyl (C=O) groups excluding carboxylic acids is 1. The van der Waals surface area contributed by atoms with Crippen LogP contribution in [0.4, 0.5) is 5.69 Å². The van der Waals surface area contributed by atoms with E-state index in [1.165, 1.54) is 0 Å². The largest absolute Gasteiger partial charge is 0.398 e. The molecule has 1 amide bonds. The fourth-order valence-electron chi connectivity index (χ4n) is 0.981. The summed E-state index contributed by atoms with van der Waals surface area (Å²) in [6.07, 6.45) is 1.63. The van der Waals surface area contributed by atoms with Crippen LogP contribution in [0, 0.1) is 0 Å². The SMILES string of the molecule is CC(=Cc1ccc(Cl)cc1N)C(N)=O. The Bertz CT molecular complexity index is 399. The van der Waals surface area contributed by atoms with E-state index in [1.807, 2.05) is 0 Å². The molecule has 3 nitrogen and oxygen atoms in total. The summed E-state index contributed by atoms with van der Waals surface area (Å²) in [5, 5.41) is 0.566. The number of anilines is 1. The molecular formula is C10H11ClN2O. The zero-order chi connectivity index (χ0) is 10.7. The van der Waals surface area contributed by atoms with Crippen molar-refractivity contribution in [3.8, 4) is 0 Å². The third-order valence-corrected chi connectivity index (χ3v) is 2.04. The van der Waals surface area contributed by atoms with Gasteiger partial charge in [-0.15, -0.1) is 0 Å². The van der Waals surface area contributed by atoms with Crippen molar-refractivity contribution < 1.29 is 4.79 Å². The van der Waals surface area contributed by atoms with Gasteiger partial charge < -0.3 is 11.5 Å². The van der Waals surface area contributed by atoms with E-state index < -0.39 is 5.91 Å². The number of hydrogen-bond donors (Lipinski definition) is 2. The zero-order valence-electron chi connectivity index (χ0n) is 7.75. The van der Waals surface area contributed by atoms with Crippen molar-refractivity contribution in [3.05, 3.63) is 34.4 Å². The molecule has 0 spiro atoms. The van der Waals surface area contributed by atoms with Gasteiger partial charge in [-0.25, -0.2) is 0 Å². The number of hydrogen-bond acceptors (Lipinski definition) is 2. The normalized spacial score (nSPS) is 11.4. The molecule has 14 heavy (non-hydrogen) atoms. The fourth-order valence-corrected chi connectivity index (χ4v) is 1.16. The predicted molar refractivity (Wildman–Crippen MR) is 58.7 cm³/mol. The predicted octanol–water partition coefficient (Wildman–Crippen LogP) is 1.81. The van der Waals surface area contributed by atoms with Gasteiger partial charge in [-0.3, -0.25) is 4.79 Å². The standard InChI is InChI=1S/C10H11ClN2O/c1-6(10(13)14)4-7-2-3-8(11)5-9(7)12/h2-5H,12H2,1H3,(H2,13,14). The molecule has 74 valence electrons. The van der Waals surface area contributed by atoms with Gasteiger partial charge in [0.2, 0.25) is 5.91 Å². The number of primary amides is 1. The third-order valence-electron chi connectivity index (χ3n) is 1.81. The summed E-state index contributed by atoms with van der Waals surface area (Å²) in [5.74, 6) is -0.459.